The number of hydrogen-bond acceptors (Lipinski definition) is 3. The molecule has 120 valence electrons. The van der Waals surface area contributed by atoms with Crippen molar-refractivity contribution in [1.29, 1.82) is 0 Å². The first-order valence-corrected chi connectivity index (χ1v) is 7.75. The van der Waals surface area contributed by atoms with Gasteiger partial charge in [0.2, 0.25) is 0 Å². The molecule has 2 rings (SSSR count). The van der Waals surface area contributed by atoms with E-state index >= 15 is 0 Å². The first-order valence-electron chi connectivity index (χ1n) is 6.96. The molecular formula is C15H23BrClFN2O. The Morgan fingerprint density at radius 3 is 2.52 bits per heavy atom. The number of rotatable bonds is 4. The molecule has 3 nitrogen and oxygen atoms in total. The average molecular weight is 382 g/mol. The molecule has 0 saturated carbocycles. The monoisotopic (exact) mass is 380 g/mol. The fourth-order valence-corrected chi connectivity index (χ4v) is 3.26. The quantitative estimate of drug-likeness (QED) is 0.842. The van der Waals surface area contributed by atoms with Crippen molar-refractivity contribution >= 4 is 28.3 Å². The molecule has 1 aromatic rings. The number of nitrogens with one attached hydrogen (secondary N) is 1. The summed E-state index contributed by atoms with van der Waals surface area (Å²) in [6, 6.07) is 5.22. The first kappa shape index (κ1) is 18.8. The van der Waals surface area contributed by atoms with Crippen LogP contribution in [0, 0.1) is 11.2 Å². The minimum Gasteiger partial charge on any atom is -0.396 e. The number of nitrogens with zero attached hydrogens (tertiary/aromatic N) is 1. The summed E-state index contributed by atoms with van der Waals surface area (Å²) in [5, 5.41) is 13.1. The lowest BCUT2D eigenvalue weighted by atomic mass is 9.80. The van der Waals surface area contributed by atoms with E-state index in [1.807, 2.05) is 12.1 Å². The highest BCUT2D eigenvalue weighted by Crippen LogP contribution is 2.39. The summed E-state index contributed by atoms with van der Waals surface area (Å²) >= 11 is 3.26. The van der Waals surface area contributed by atoms with Crippen LogP contribution < -0.4 is 5.32 Å². The van der Waals surface area contributed by atoms with Gasteiger partial charge in [-0.25, -0.2) is 4.39 Å². The molecule has 6 heteroatoms. The number of halogens is 3. The van der Waals surface area contributed by atoms with Gasteiger partial charge >= 0.3 is 0 Å². The molecule has 0 bridgehead atoms. The lowest BCUT2D eigenvalue weighted by Gasteiger charge is -2.43. The second-order valence-corrected chi connectivity index (χ2v) is 6.86. The molecule has 1 aromatic carbocycles. The SMILES string of the molecule is CC(C)(CO)[C@H](c1ccc(F)c(Br)c1)N1CCNCC1.Cl. The third kappa shape index (κ3) is 4.39. The minimum absolute atomic E-state index is 0. The maximum Gasteiger partial charge on any atom is 0.137 e. The summed E-state index contributed by atoms with van der Waals surface area (Å²) in [6.45, 7) is 7.96. The van der Waals surface area contributed by atoms with E-state index in [1.54, 1.807) is 0 Å². The predicted octanol–water partition coefficient (Wildman–Crippen LogP) is 2.97. The average Bonchev–Trinajstić information content (AvgIpc) is 2.44. The molecule has 2 N–H and O–H groups in total. The molecule has 1 atom stereocenters. The largest absolute Gasteiger partial charge is 0.396 e. The van der Waals surface area contributed by atoms with Crippen LogP contribution in [0.3, 0.4) is 0 Å². The number of benzene rings is 1. The molecule has 1 heterocycles. The lowest BCUT2D eigenvalue weighted by molar-refractivity contribution is 0.0304. The van der Waals surface area contributed by atoms with Crippen LogP contribution in [0.4, 0.5) is 4.39 Å². The Balaban J connectivity index is 0.00000220. The zero-order valence-corrected chi connectivity index (χ0v) is 14.8. The van der Waals surface area contributed by atoms with Crippen LogP contribution in [0.25, 0.3) is 0 Å². The Hall–Kier alpha value is -0.200. The molecule has 1 aliphatic rings. The Kier molecular flexibility index (Phi) is 7.07. The Morgan fingerprint density at radius 1 is 1.38 bits per heavy atom. The third-order valence-electron chi connectivity index (χ3n) is 3.92. The van der Waals surface area contributed by atoms with E-state index in [-0.39, 0.29) is 36.3 Å². The van der Waals surface area contributed by atoms with Gasteiger partial charge in [0.15, 0.2) is 0 Å². The highest BCUT2D eigenvalue weighted by atomic mass is 79.9. The van der Waals surface area contributed by atoms with Crippen molar-refractivity contribution < 1.29 is 9.50 Å². The molecule has 1 aliphatic heterocycles. The third-order valence-corrected chi connectivity index (χ3v) is 4.53. The van der Waals surface area contributed by atoms with E-state index in [1.165, 1.54) is 6.07 Å². The summed E-state index contributed by atoms with van der Waals surface area (Å²) in [5.41, 5.74) is 0.758. The summed E-state index contributed by atoms with van der Waals surface area (Å²) in [5.74, 6) is -0.255. The van der Waals surface area contributed by atoms with Crippen LogP contribution in [-0.2, 0) is 0 Å². The zero-order chi connectivity index (χ0) is 14.8. The number of hydrogen-bond donors (Lipinski definition) is 2. The highest BCUT2D eigenvalue weighted by molar-refractivity contribution is 9.10. The van der Waals surface area contributed by atoms with Gasteiger partial charge in [-0.05, 0) is 33.6 Å². The lowest BCUT2D eigenvalue weighted by Crippen LogP contribution is -2.49. The van der Waals surface area contributed by atoms with E-state index in [9.17, 15) is 9.50 Å². The molecule has 21 heavy (non-hydrogen) atoms. The molecule has 0 amide bonds. The standard InChI is InChI=1S/C15H22BrFN2O.ClH/c1-15(2,10-20)14(19-7-5-18-6-8-19)11-3-4-13(17)12(16)9-11;/h3-4,9,14,18,20H,5-8,10H2,1-2H3;1H/t14-;/m0./s1. The number of piperazine rings is 1. The second kappa shape index (κ2) is 7.88. The van der Waals surface area contributed by atoms with Gasteiger partial charge in [0, 0.05) is 44.2 Å². The molecule has 1 saturated heterocycles. The number of aliphatic hydroxyl groups is 1. The van der Waals surface area contributed by atoms with E-state index in [4.69, 9.17) is 0 Å². The van der Waals surface area contributed by atoms with Gasteiger partial charge in [0.1, 0.15) is 5.82 Å². The summed E-state index contributed by atoms with van der Waals surface area (Å²) < 4.78 is 13.9. The normalized spacial score (nSPS) is 18.1. The van der Waals surface area contributed by atoms with Crippen LogP contribution in [0.5, 0.6) is 0 Å². The summed E-state index contributed by atoms with van der Waals surface area (Å²) in [7, 11) is 0. The molecule has 0 aromatic heterocycles. The molecular weight excluding hydrogens is 359 g/mol. The van der Waals surface area contributed by atoms with Crippen molar-refractivity contribution in [3.63, 3.8) is 0 Å². The van der Waals surface area contributed by atoms with Crippen LogP contribution in [0.2, 0.25) is 0 Å². The Bertz CT molecular complexity index is 467. The van der Waals surface area contributed by atoms with E-state index in [2.05, 4.69) is 40.0 Å². The molecule has 0 aliphatic carbocycles. The molecule has 1 fully saturated rings. The van der Waals surface area contributed by atoms with Crippen molar-refractivity contribution in [3.05, 3.63) is 34.1 Å². The van der Waals surface area contributed by atoms with Gasteiger partial charge in [-0.2, -0.15) is 0 Å². The summed E-state index contributed by atoms with van der Waals surface area (Å²) in [4.78, 5) is 2.37. The smallest absolute Gasteiger partial charge is 0.137 e. The fourth-order valence-electron chi connectivity index (χ4n) is 2.87. The van der Waals surface area contributed by atoms with E-state index < -0.39 is 0 Å². The second-order valence-electron chi connectivity index (χ2n) is 6.01. The zero-order valence-electron chi connectivity index (χ0n) is 12.4. The van der Waals surface area contributed by atoms with Gasteiger partial charge in [-0.3, -0.25) is 4.90 Å². The van der Waals surface area contributed by atoms with E-state index in [0.717, 1.165) is 31.7 Å². The summed E-state index contributed by atoms with van der Waals surface area (Å²) in [6.07, 6.45) is 0. The van der Waals surface area contributed by atoms with Gasteiger partial charge in [-0.15, -0.1) is 12.4 Å². The van der Waals surface area contributed by atoms with E-state index in [0.29, 0.717) is 4.47 Å². The van der Waals surface area contributed by atoms with Crippen LogP contribution in [0.15, 0.2) is 22.7 Å². The van der Waals surface area contributed by atoms with Crippen LogP contribution >= 0.6 is 28.3 Å². The maximum atomic E-state index is 13.5. The highest BCUT2D eigenvalue weighted by Gasteiger charge is 2.35. The van der Waals surface area contributed by atoms with Crippen molar-refractivity contribution in [3.8, 4) is 0 Å². The maximum absolute atomic E-state index is 13.5. The Labute approximate surface area is 140 Å². The van der Waals surface area contributed by atoms with Gasteiger partial charge in [-0.1, -0.05) is 19.9 Å². The van der Waals surface area contributed by atoms with Gasteiger partial charge in [0.05, 0.1) is 4.47 Å². The minimum atomic E-state index is -0.283. The molecule has 0 spiro atoms. The fraction of sp³-hybridized carbons (Fsp3) is 0.600. The Morgan fingerprint density at radius 2 is 2.00 bits per heavy atom. The van der Waals surface area contributed by atoms with Crippen molar-refractivity contribution in [2.75, 3.05) is 32.8 Å². The van der Waals surface area contributed by atoms with Crippen molar-refractivity contribution in [2.45, 2.75) is 19.9 Å². The van der Waals surface area contributed by atoms with Gasteiger partial charge < -0.3 is 10.4 Å². The molecule has 0 radical (unpaired) electrons. The predicted molar refractivity (Wildman–Crippen MR) is 89.4 cm³/mol. The van der Waals surface area contributed by atoms with Crippen molar-refractivity contribution in [2.24, 2.45) is 5.41 Å². The van der Waals surface area contributed by atoms with Crippen LogP contribution in [-0.4, -0.2) is 42.8 Å². The molecule has 0 unspecified atom stereocenters. The topological polar surface area (TPSA) is 35.5 Å². The first-order chi connectivity index (χ1) is 9.45. The number of aliphatic hydroxyl groups excluding tert-OH is 1. The van der Waals surface area contributed by atoms with Gasteiger partial charge in [0.25, 0.3) is 0 Å². The van der Waals surface area contributed by atoms with Crippen LogP contribution in [0.1, 0.15) is 25.5 Å². The van der Waals surface area contributed by atoms with Crippen molar-refractivity contribution in [1.82, 2.24) is 10.2 Å².